The second-order valence-corrected chi connectivity index (χ2v) is 6.66. The molecule has 1 fully saturated rings. The average Bonchev–Trinajstić information content (AvgIpc) is 3.23. The van der Waals surface area contributed by atoms with Gasteiger partial charge < -0.3 is 10.4 Å². The first kappa shape index (κ1) is 19.3. The number of nitrogens with zero attached hydrogens (tertiary/aromatic N) is 2. The zero-order valence-electron chi connectivity index (χ0n) is 14.4. The van der Waals surface area contributed by atoms with E-state index >= 15 is 0 Å². The van der Waals surface area contributed by atoms with E-state index in [0.717, 1.165) is 17.5 Å². The van der Waals surface area contributed by atoms with Crippen LogP contribution in [0.2, 0.25) is 0 Å². The summed E-state index contributed by atoms with van der Waals surface area (Å²) in [6, 6.07) is -0.978. The Hall–Kier alpha value is -2.06. The molecule has 2 N–H and O–H groups in total. The topological polar surface area (TPSA) is 84.2 Å². The lowest BCUT2D eigenvalue weighted by molar-refractivity contribution is -0.143. The van der Waals surface area contributed by atoms with E-state index in [4.69, 9.17) is 0 Å². The van der Waals surface area contributed by atoms with E-state index < -0.39 is 36.6 Å². The molecule has 0 saturated heterocycles. The lowest BCUT2D eigenvalue weighted by Crippen LogP contribution is -2.43. The van der Waals surface area contributed by atoms with Gasteiger partial charge in [-0.3, -0.25) is 9.48 Å². The Labute approximate surface area is 143 Å². The van der Waals surface area contributed by atoms with E-state index in [1.54, 1.807) is 6.92 Å². The lowest BCUT2D eigenvalue weighted by Gasteiger charge is -2.18. The van der Waals surface area contributed by atoms with Gasteiger partial charge in [0.25, 0.3) is 0 Å². The van der Waals surface area contributed by atoms with Crippen molar-refractivity contribution in [3.05, 3.63) is 17.0 Å². The Morgan fingerprint density at radius 1 is 1.36 bits per heavy atom. The van der Waals surface area contributed by atoms with Crippen LogP contribution in [0.4, 0.5) is 13.2 Å². The molecule has 1 aliphatic carbocycles. The zero-order valence-corrected chi connectivity index (χ0v) is 14.4. The predicted molar refractivity (Wildman–Crippen MR) is 83.1 cm³/mol. The molecule has 6 nitrogen and oxygen atoms in total. The maximum absolute atomic E-state index is 12.6. The van der Waals surface area contributed by atoms with E-state index in [9.17, 15) is 27.9 Å². The normalized spacial score (nSPS) is 17.2. The van der Waals surface area contributed by atoms with E-state index in [1.165, 1.54) is 13.8 Å². The van der Waals surface area contributed by atoms with Gasteiger partial charge in [-0.2, -0.15) is 18.3 Å². The number of hydrogen-bond acceptors (Lipinski definition) is 3. The number of aliphatic carboxylic acids is 1. The van der Waals surface area contributed by atoms with Gasteiger partial charge >= 0.3 is 12.1 Å². The highest BCUT2D eigenvalue weighted by molar-refractivity contribution is 5.88. The number of rotatable bonds is 7. The Balaban J connectivity index is 2.14. The van der Waals surface area contributed by atoms with Gasteiger partial charge in [0.1, 0.15) is 12.6 Å². The molecule has 0 aromatic carbocycles. The van der Waals surface area contributed by atoms with E-state index in [1.807, 2.05) is 0 Å². The molecule has 9 heteroatoms. The van der Waals surface area contributed by atoms with Crippen molar-refractivity contribution in [2.45, 2.75) is 64.7 Å². The number of halogens is 3. The van der Waals surface area contributed by atoms with Gasteiger partial charge in [-0.25, -0.2) is 4.79 Å². The summed E-state index contributed by atoms with van der Waals surface area (Å²) in [5, 5.41) is 15.6. The third-order valence-corrected chi connectivity index (χ3v) is 4.47. The summed E-state index contributed by atoms with van der Waals surface area (Å²) in [6.45, 7) is 3.33. The lowest BCUT2D eigenvalue weighted by atomic mass is 9.97. The smallest absolute Gasteiger partial charge is 0.408 e. The van der Waals surface area contributed by atoms with Crippen molar-refractivity contribution in [2.75, 3.05) is 0 Å². The largest absolute Gasteiger partial charge is 0.480 e. The molecule has 1 aromatic heterocycles. The van der Waals surface area contributed by atoms with Gasteiger partial charge in [-0.1, -0.05) is 12.8 Å². The van der Waals surface area contributed by atoms with Crippen LogP contribution in [0.5, 0.6) is 0 Å². The van der Waals surface area contributed by atoms with Crippen molar-refractivity contribution < 1.29 is 27.9 Å². The average molecular weight is 361 g/mol. The fourth-order valence-corrected chi connectivity index (χ4v) is 3.00. The number of carboxylic acids is 1. The highest BCUT2D eigenvalue weighted by Gasteiger charge is 2.34. The Morgan fingerprint density at radius 2 is 1.96 bits per heavy atom. The molecule has 0 aliphatic heterocycles. The molecule has 2 rings (SSSR count). The number of amides is 1. The van der Waals surface area contributed by atoms with Crippen molar-refractivity contribution in [2.24, 2.45) is 5.92 Å². The van der Waals surface area contributed by atoms with Crippen molar-refractivity contribution in [1.82, 2.24) is 15.1 Å². The van der Waals surface area contributed by atoms with Crippen LogP contribution >= 0.6 is 0 Å². The number of aryl methyl sites for hydroxylation is 1. The molecule has 1 aliphatic rings. The van der Waals surface area contributed by atoms with Crippen molar-refractivity contribution in [1.29, 1.82) is 0 Å². The molecule has 140 valence electrons. The van der Waals surface area contributed by atoms with Gasteiger partial charge in [-0.15, -0.1) is 0 Å². The van der Waals surface area contributed by atoms with Crippen LogP contribution in [0.1, 0.15) is 49.1 Å². The summed E-state index contributed by atoms with van der Waals surface area (Å²) in [5.74, 6) is -2.10. The molecule has 2 unspecified atom stereocenters. The Kier molecular flexibility index (Phi) is 5.43. The molecule has 1 amide bonds. The van der Waals surface area contributed by atoms with Crippen LogP contribution in [0.25, 0.3) is 0 Å². The molecule has 0 spiro atoms. The molecule has 1 aromatic rings. The summed E-state index contributed by atoms with van der Waals surface area (Å²) in [4.78, 5) is 23.7. The summed E-state index contributed by atoms with van der Waals surface area (Å²) >= 11 is 0. The number of alkyl halides is 3. The third-order valence-electron chi connectivity index (χ3n) is 4.47. The fourth-order valence-electron chi connectivity index (χ4n) is 3.00. The molecule has 25 heavy (non-hydrogen) atoms. The fraction of sp³-hybridized carbons (Fsp3) is 0.688. The summed E-state index contributed by atoms with van der Waals surface area (Å²) < 4.78 is 38.6. The zero-order chi connectivity index (χ0) is 18.9. The summed E-state index contributed by atoms with van der Waals surface area (Å²) in [7, 11) is 0. The molecule has 2 atom stereocenters. The van der Waals surface area contributed by atoms with E-state index in [-0.39, 0.29) is 5.69 Å². The minimum absolute atomic E-state index is 0.256. The maximum Gasteiger partial charge on any atom is 0.408 e. The SMILES string of the molecule is Cc1nn(CC(F)(F)F)c(C)c1C(C)C(=O)NC(CC1CC1)C(=O)O. The highest BCUT2D eigenvalue weighted by Crippen LogP contribution is 2.34. The number of aromatic nitrogens is 2. The molecular weight excluding hydrogens is 339 g/mol. The number of carbonyl (C=O) groups excluding carboxylic acids is 1. The Morgan fingerprint density at radius 3 is 2.44 bits per heavy atom. The van der Waals surface area contributed by atoms with Gasteiger partial charge in [0.15, 0.2) is 0 Å². The van der Waals surface area contributed by atoms with Crippen LogP contribution in [-0.4, -0.2) is 39.0 Å². The van der Waals surface area contributed by atoms with E-state index in [2.05, 4.69) is 10.4 Å². The van der Waals surface area contributed by atoms with Crippen LogP contribution in [-0.2, 0) is 16.1 Å². The second-order valence-electron chi connectivity index (χ2n) is 6.66. The first-order chi connectivity index (χ1) is 11.5. The summed E-state index contributed by atoms with van der Waals surface area (Å²) in [5.41, 5.74) is 0.988. The third kappa shape index (κ3) is 4.96. The van der Waals surface area contributed by atoms with Gasteiger partial charge in [0, 0.05) is 11.3 Å². The molecule has 0 radical (unpaired) electrons. The number of nitrogens with one attached hydrogen (secondary N) is 1. The maximum atomic E-state index is 12.6. The van der Waals surface area contributed by atoms with Crippen LogP contribution < -0.4 is 5.32 Å². The minimum Gasteiger partial charge on any atom is -0.480 e. The monoisotopic (exact) mass is 361 g/mol. The van der Waals surface area contributed by atoms with E-state index in [0.29, 0.717) is 23.6 Å². The second kappa shape index (κ2) is 7.05. The first-order valence-electron chi connectivity index (χ1n) is 8.13. The first-order valence-corrected chi connectivity index (χ1v) is 8.13. The van der Waals surface area contributed by atoms with Crippen LogP contribution in [0, 0.1) is 19.8 Å². The van der Waals surface area contributed by atoms with Gasteiger partial charge in [-0.05, 0) is 33.1 Å². The highest BCUT2D eigenvalue weighted by atomic mass is 19.4. The Bertz CT molecular complexity index is 666. The minimum atomic E-state index is -4.41. The van der Waals surface area contributed by atoms with Crippen molar-refractivity contribution in [3.8, 4) is 0 Å². The predicted octanol–water partition coefficient (Wildman–Crippen LogP) is 2.54. The molecule has 1 heterocycles. The molecular formula is C16H22F3N3O3. The van der Waals surface area contributed by atoms with Gasteiger partial charge in [0.2, 0.25) is 5.91 Å². The van der Waals surface area contributed by atoms with Crippen LogP contribution in [0.3, 0.4) is 0 Å². The molecule has 0 bridgehead atoms. The van der Waals surface area contributed by atoms with Gasteiger partial charge in [0.05, 0.1) is 11.6 Å². The number of carbonyl (C=O) groups is 2. The standard InChI is InChI=1S/C16H22F3N3O3/c1-8(14(23)20-12(15(24)25)6-11-4-5-11)13-9(2)21-22(10(13)3)7-16(17,18)19/h8,11-12H,4-7H2,1-3H3,(H,20,23)(H,24,25). The summed E-state index contributed by atoms with van der Waals surface area (Å²) in [6.07, 6.45) is -2.13. The number of carboxylic acid groups (broad SMARTS) is 1. The molecule has 1 saturated carbocycles. The van der Waals surface area contributed by atoms with Crippen LogP contribution in [0.15, 0.2) is 0 Å². The van der Waals surface area contributed by atoms with Crippen molar-refractivity contribution in [3.63, 3.8) is 0 Å². The quantitative estimate of drug-likeness (QED) is 0.782. The number of hydrogen-bond donors (Lipinski definition) is 2. The van der Waals surface area contributed by atoms with Crippen molar-refractivity contribution >= 4 is 11.9 Å².